The van der Waals surface area contributed by atoms with Crippen LogP contribution in [0.1, 0.15) is 25.7 Å². The van der Waals surface area contributed by atoms with E-state index in [4.69, 9.17) is 19.4 Å². The van der Waals surface area contributed by atoms with Gasteiger partial charge in [0.1, 0.15) is 0 Å². The first-order valence-electron chi connectivity index (χ1n) is 6.22. The molecule has 2 nitrogen and oxygen atoms in total. The topological polar surface area (TPSA) is 24.4 Å². The lowest BCUT2D eigenvalue weighted by Gasteiger charge is -2.23. The molecule has 1 heterocycles. The van der Waals surface area contributed by atoms with E-state index >= 15 is 0 Å². The highest BCUT2D eigenvalue weighted by atomic mass is 35.5. The van der Waals surface area contributed by atoms with Crippen LogP contribution >= 0.6 is 11.6 Å². The molecule has 2 rings (SSSR count). The van der Waals surface area contributed by atoms with Crippen molar-refractivity contribution < 1.29 is 0 Å². The van der Waals surface area contributed by atoms with Crippen molar-refractivity contribution in [2.45, 2.75) is 31.6 Å². The third-order valence-electron chi connectivity index (χ3n) is 3.52. The average Bonchev–Trinajstić information content (AvgIpc) is 3.00. The van der Waals surface area contributed by atoms with Crippen LogP contribution in [-0.4, -0.2) is 31.9 Å². The molecule has 1 N–H and O–H groups in total. The lowest BCUT2D eigenvalue weighted by atomic mass is 9.82. The van der Waals surface area contributed by atoms with E-state index in [1.54, 1.807) is 0 Å². The number of nitrogens with one attached hydrogen (secondary N) is 1. The van der Waals surface area contributed by atoms with E-state index in [-0.39, 0.29) is 5.94 Å². The summed E-state index contributed by atoms with van der Waals surface area (Å²) >= 11 is 5.77. The zero-order valence-corrected chi connectivity index (χ0v) is 10.8. The molecule has 90 valence electrons. The van der Waals surface area contributed by atoms with E-state index < -0.39 is 0 Å². The standard InChI is InChI=1S/C13H18BClN2/c1-9(12-6-10(7-15)8-16-12)17-13(14)11-4-2-3-5-11/h6,11,13,17H,1-5,7-8H2. The summed E-state index contributed by atoms with van der Waals surface area (Å²) in [6, 6.07) is 0. The smallest absolute Gasteiger partial charge is 0.0990 e. The summed E-state index contributed by atoms with van der Waals surface area (Å²) in [5.74, 6) is 1.11. The van der Waals surface area contributed by atoms with Crippen LogP contribution in [-0.2, 0) is 0 Å². The third-order valence-corrected chi connectivity index (χ3v) is 3.87. The molecule has 0 spiro atoms. The predicted molar refractivity (Wildman–Crippen MR) is 74.9 cm³/mol. The molecule has 1 fully saturated rings. The maximum absolute atomic E-state index is 6.14. The van der Waals surface area contributed by atoms with Crippen molar-refractivity contribution in [2.24, 2.45) is 10.9 Å². The van der Waals surface area contributed by atoms with Gasteiger partial charge in [0.05, 0.1) is 25.8 Å². The maximum Gasteiger partial charge on any atom is 0.0990 e. The summed E-state index contributed by atoms with van der Waals surface area (Å²) in [7, 11) is 6.14. The van der Waals surface area contributed by atoms with Gasteiger partial charge in [-0.3, -0.25) is 4.99 Å². The Hall–Kier alpha value is -0.695. The van der Waals surface area contributed by atoms with Crippen molar-refractivity contribution in [1.29, 1.82) is 0 Å². The Morgan fingerprint density at radius 3 is 2.88 bits per heavy atom. The van der Waals surface area contributed by atoms with Gasteiger partial charge in [-0.25, -0.2) is 0 Å². The normalized spacial score (nSPS) is 22.2. The van der Waals surface area contributed by atoms with Crippen molar-refractivity contribution in [3.8, 4) is 0 Å². The molecule has 2 aliphatic rings. The quantitative estimate of drug-likeness (QED) is 0.586. The fourth-order valence-corrected chi connectivity index (χ4v) is 2.61. The molecule has 1 saturated carbocycles. The molecule has 4 heteroatoms. The molecule has 0 saturated heterocycles. The molecular weight excluding hydrogens is 230 g/mol. The Morgan fingerprint density at radius 1 is 1.59 bits per heavy atom. The average molecular weight is 249 g/mol. The van der Waals surface area contributed by atoms with Gasteiger partial charge < -0.3 is 5.32 Å². The molecule has 1 aliphatic carbocycles. The van der Waals surface area contributed by atoms with Gasteiger partial charge in [-0.15, -0.1) is 11.6 Å². The zero-order chi connectivity index (χ0) is 12.3. The first-order valence-corrected chi connectivity index (χ1v) is 6.75. The van der Waals surface area contributed by atoms with E-state index in [2.05, 4.69) is 16.9 Å². The highest BCUT2D eigenvalue weighted by molar-refractivity contribution is 6.21. The number of hydrogen-bond donors (Lipinski definition) is 1. The van der Waals surface area contributed by atoms with E-state index in [0.717, 1.165) is 17.0 Å². The van der Waals surface area contributed by atoms with Crippen LogP contribution < -0.4 is 5.32 Å². The maximum atomic E-state index is 6.14. The minimum atomic E-state index is 0.00107. The lowest BCUT2D eigenvalue weighted by Crippen LogP contribution is -2.36. The summed E-state index contributed by atoms with van der Waals surface area (Å²) in [6.07, 6.45) is 7.03. The van der Waals surface area contributed by atoms with Gasteiger partial charge in [0.2, 0.25) is 0 Å². The molecule has 0 aromatic rings. The fraction of sp³-hybridized carbons (Fsp3) is 0.615. The highest BCUT2D eigenvalue weighted by Crippen LogP contribution is 2.27. The molecule has 1 aliphatic heterocycles. The van der Waals surface area contributed by atoms with E-state index in [1.807, 2.05) is 6.08 Å². The molecule has 1 unspecified atom stereocenters. The minimum Gasteiger partial charge on any atom is -0.390 e. The lowest BCUT2D eigenvalue weighted by molar-refractivity contribution is 0.481. The van der Waals surface area contributed by atoms with E-state index in [9.17, 15) is 0 Å². The molecule has 2 radical (unpaired) electrons. The second kappa shape index (κ2) is 5.77. The number of nitrogens with zero attached hydrogens (tertiary/aromatic N) is 1. The molecule has 17 heavy (non-hydrogen) atoms. The summed E-state index contributed by atoms with van der Waals surface area (Å²) in [5, 5.41) is 3.27. The Morgan fingerprint density at radius 2 is 2.29 bits per heavy atom. The molecule has 0 amide bonds. The highest BCUT2D eigenvalue weighted by Gasteiger charge is 2.22. The fourth-order valence-electron chi connectivity index (χ4n) is 2.44. The SMILES string of the molecule is [B]C(NC(=C)C1=NCC(CCl)=C1)C1CCCC1. The van der Waals surface area contributed by atoms with Crippen molar-refractivity contribution in [3.63, 3.8) is 0 Å². The van der Waals surface area contributed by atoms with Crippen LogP contribution in [0, 0.1) is 5.92 Å². The number of halogens is 1. The summed E-state index contributed by atoms with van der Waals surface area (Å²) in [5.41, 5.74) is 2.86. The van der Waals surface area contributed by atoms with E-state index in [1.165, 1.54) is 25.7 Å². The first kappa shape index (κ1) is 12.8. The second-order valence-corrected chi connectivity index (χ2v) is 5.10. The van der Waals surface area contributed by atoms with Crippen LogP contribution in [0.4, 0.5) is 0 Å². The first-order chi connectivity index (χ1) is 8.20. The second-order valence-electron chi connectivity index (χ2n) is 4.83. The van der Waals surface area contributed by atoms with Crippen molar-refractivity contribution in [3.05, 3.63) is 23.9 Å². The van der Waals surface area contributed by atoms with Crippen LogP contribution in [0.3, 0.4) is 0 Å². The summed E-state index contributed by atoms with van der Waals surface area (Å²) in [6.45, 7) is 4.70. The van der Waals surface area contributed by atoms with Crippen molar-refractivity contribution >= 4 is 25.2 Å². The monoisotopic (exact) mass is 248 g/mol. The van der Waals surface area contributed by atoms with Crippen LogP contribution in [0.5, 0.6) is 0 Å². The van der Waals surface area contributed by atoms with Gasteiger partial charge in [-0.05, 0) is 36.3 Å². The van der Waals surface area contributed by atoms with Gasteiger partial charge in [0.15, 0.2) is 0 Å². The number of aliphatic imine (C=N–C) groups is 1. The molecule has 0 aromatic heterocycles. The van der Waals surface area contributed by atoms with Gasteiger partial charge in [0.25, 0.3) is 0 Å². The van der Waals surface area contributed by atoms with Gasteiger partial charge in [-0.2, -0.15) is 0 Å². The molecule has 0 aromatic carbocycles. The molecule has 0 bridgehead atoms. The molecular formula is C13H18BClN2. The van der Waals surface area contributed by atoms with Gasteiger partial charge >= 0.3 is 0 Å². The predicted octanol–water partition coefficient (Wildman–Crippen LogP) is 2.39. The third kappa shape index (κ3) is 3.15. The minimum absolute atomic E-state index is 0.00107. The van der Waals surface area contributed by atoms with Crippen molar-refractivity contribution in [1.82, 2.24) is 5.32 Å². The Balaban J connectivity index is 1.87. The number of allylic oxidation sites excluding steroid dienone is 1. The molecule has 1 atom stereocenters. The number of alkyl halides is 1. The van der Waals surface area contributed by atoms with Gasteiger partial charge in [0, 0.05) is 5.88 Å². The van der Waals surface area contributed by atoms with Crippen LogP contribution in [0.15, 0.2) is 28.9 Å². The van der Waals surface area contributed by atoms with Gasteiger partial charge in [-0.1, -0.05) is 19.4 Å². The zero-order valence-electron chi connectivity index (χ0n) is 10.1. The summed E-state index contributed by atoms with van der Waals surface area (Å²) in [4.78, 5) is 4.39. The Kier molecular flexibility index (Phi) is 4.33. The van der Waals surface area contributed by atoms with Crippen LogP contribution in [0.2, 0.25) is 0 Å². The number of hydrogen-bond acceptors (Lipinski definition) is 2. The largest absolute Gasteiger partial charge is 0.390 e. The Labute approximate surface area is 110 Å². The van der Waals surface area contributed by atoms with Crippen LogP contribution in [0.25, 0.3) is 0 Å². The Bertz CT molecular complexity index is 356. The van der Waals surface area contributed by atoms with Crippen molar-refractivity contribution in [2.75, 3.05) is 12.4 Å². The summed E-state index contributed by atoms with van der Waals surface area (Å²) < 4.78 is 0. The van der Waals surface area contributed by atoms with E-state index in [0.29, 0.717) is 18.3 Å². The number of rotatable bonds is 5.